The van der Waals surface area contributed by atoms with Gasteiger partial charge in [0.2, 0.25) is 5.91 Å². The molecule has 4 nitrogen and oxygen atoms in total. The molecule has 0 spiro atoms. The summed E-state index contributed by atoms with van der Waals surface area (Å²) in [6.07, 6.45) is 6.28. The Morgan fingerprint density at radius 1 is 1.26 bits per heavy atom. The van der Waals surface area contributed by atoms with Crippen molar-refractivity contribution in [2.45, 2.75) is 38.1 Å². The fourth-order valence-corrected chi connectivity index (χ4v) is 3.44. The first kappa shape index (κ1) is 15.7. The number of hydrogen-bond acceptors (Lipinski definition) is 3. The second-order valence-electron chi connectivity index (χ2n) is 6.09. The second-order valence-corrected chi connectivity index (χ2v) is 6.09. The molecule has 0 aliphatic heterocycles. The van der Waals surface area contributed by atoms with E-state index in [1.165, 1.54) is 12.8 Å². The smallest absolute Gasteiger partial charge is 0.228 e. The Morgan fingerprint density at radius 2 is 2.00 bits per heavy atom. The van der Waals surface area contributed by atoms with Gasteiger partial charge in [0.15, 0.2) is 0 Å². The molecule has 0 saturated heterocycles. The second kappa shape index (κ2) is 7.36. The molecule has 2 aromatic rings. The zero-order valence-corrected chi connectivity index (χ0v) is 13.5. The van der Waals surface area contributed by atoms with E-state index >= 15 is 0 Å². The molecule has 3 rings (SSSR count). The van der Waals surface area contributed by atoms with E-state index < -0.39 is 0 Å². The highest BCUT2D eigenvalue weighted by atomic mass is 16.5. The molecule has 1 N–H and O–H groups in total. The van der Waals surface area contributed by atoms with Crippen molar-refractivity contribution in [3.8, 4) is 5.75 Å². The lowest BCUT2D eigenvalue weighted by atomic mass is 9.84. The van der Waals surface area contributed by atoms with Gasteiger partial charge in [-0.1, -0.05) is 25.0 Å². The van der Waals surface area contributed by atoms with Crippen LogP contribution in [0.3, 0.4) is 0 Å². The maximum Gasteiger partial charge on any atom is 0.228 e. The van der Waals surface area contributed by atoms with Gasteiger partial charge >= 0.3 is 0 Å². The van der Waals surface area contributed by atoms with Gasteiger partial charge in [-0.2, -0.15) is 0 Å². The van der Waals surface area contributed by atoms with Gasteiger partial charge in [0, 0.05) is 0 Å². The predicted octanol–water partition coefficient (Wildman–Crippen LogP) is 3.88. The fraction of sp³-hybridized carbons (Fsp3) is 0.421. The largest absolute Gasteiger partial charge is 0.497 e. The van der Waals surface area contributed by atoms with Crippen LogP contribution in [0.15, 0.2) is 47.1 Å². The van der Waals surface area contributed by atoms with Crippen LogP contribution >= 0.6 is 0 Å². The van der Waals surface area contributed by atoms with Crippen molar-refractivity contribution in [3.63, 3.8) is 0 Å². The zero-order chi connectivity index (χ0) is 16.1. The van der Waals surface area contributed by atoms with Gasteiger partial charge in [0.25, 0.3) is 0 Å². The van der Waals surface area contributed by atoms with Crippen molar-refractivity contribution in [3.05, 3.63) is 54.0 Å². The first-order valence-corrected chi connectivity index (χ1v) is 8.22. The topological polar surface area (TPSA) is 51.5 Å². The summed E-state index contributed by atoms with van der Waals surface area (Å²) < 4.78 is 10.5. The molecule has 1 atom stereocenters. The predicted molar refractivity (Wildman–Crippen MR) is 88.2 cm³/mol. The van der Waals surface area contributed by atoms with Gasteiger partial charge < -0.3 is 14.5 Å². The standard InChI is InChI=1S/C19H23NO3/c1-22-16-10-8-15(9-11-16)18(14-5-2-3-6-14)19(21)20-13-17-7-4-12-23-17/h4,7-12,14,18H,2-3,5-6,13H2,1H3,(H,20,21). The lowest BCUT2D eigenvalue weighted by molar-refractivity contribution is -0.124. The summed E-state index contributed by atoms with van der Waals surface area (Å²) in [6, 6.07) is 11.6. The zero-order valence-electron chi connectivity index (χ0n) is 13.5. The van der Waals surface area contributed by atoms with Gasteiger partial charge in [-0.15, -0.1) is 0 Å². The molecular weight excluding hydrogens is 290 g/mol. The molecule has 1 aromatic carbocycles. The summed E-state index contributed by atoms with van der Waals surface area (Å²) in [6.45, 7) is 0.436. The van der Waals surface area contributed by atoms with Crippen molar-refractivity contribution in [1.29, 1.82) is 0 Å². The minimum absolute atomic E-state index is 0.0819. The number of furan rings is 1. The van der Waals surface area contributed by atoms with Gasteiger partial charge in [-0.05, 0) is 48.6 Å². The maximum absolute atomic E-state index is 12.8. The number of rotatable bonds is 6. The quantitative estimate of drug-likeness (QED) is 0.880. The molecule has 4 heteroatoms. The number of benzene rings is 1. The van der Waals surface area contributed by atoms with E-state index in [0.29, 0.717) is 12.5 Å². The third-order valence-corrected chi connectivity index (χ3v) is 4.65. The van der Waals surface area contributed by atoms with Crippen LogP contribution in [0.4, 0.5) is 0 Å². The van der Waals surface area contributed by atoms with Crippen molar-refractivity contribution in [2.24, 2.45) is 5.92 Å². The summed E-state index contributed by atoms with van der Waals surface area (Å²) >= 11 is 0. The highest BCUT2D eigenvalue weighted by Crippen LogP contribution is 2.38. The van der Waals surface area contributed by atoms with Crippen LogP contribution in [0.1, 0.15) is 42.9 Å². The summed E-state index contributed by atoms with van der Waals surface area (Å²) in [5.74, 6) is 1.99. The molecule has 1 heterocycles. The van der Waals surface area contributed by atoms with Gasteiger partial charge in [0.05, 0.1) is 25.8 Å². The maximum atomic E-state index is 12.8. The van der Waals surface area contributed by atoms with Crippen LogP contribution in [-0.2, 0) is 11.3 Å². The van der Waals surface area contributed by atoms with E-state index in [1.807, 2.05) is 36.4 Å². The van der Waals surface area contributed by atoms with Crippen molar-refractivity contribution in [2.75, 3.05) is 7.11 Å². The normalized spacial score (nSPS) is 16.2. The van der Waals surface area contributed by atoms with E-state index in [2.05, 4.69) is 5.32 Å². The van der Waals surface area contributed by atoms with E-state index in [4.69, 9.17) is 9.15 Å². The number of amides is 1. The average Bonchev–Trinajstić information content (AvgIpc) is 3.28. The van der Waals surface area contributed by atoms with E-state index in [0.717, 1.165) is 29.9 Å². The third-order valence-electron chi connectivity index (χ3n) is 4.65. The Balaban J connectivity index is 1.75. The summed E-state index contributed by atoms with van der Waals surface area (Å²) in [4.78, 5) is 12.8. The molecule has 1 unspecified atom stereocenters. The van der Waals surface area contributed by atoms with Gasteiger partial charge in [-0.25, -0.2) is 0 Å². The Bertz CT molecular complexity index is 613. The highest BCUT2D eigenvalue weighted by Gasteiger charge is 2.31. The molecule has 1 aromatic heterocycles. The molecule has 0 bridgehead atoms. The lowest BCUT2D eigenvalue weighted by Gasteiger charge is -2.23. The Morgan fingerprint density at radius 3 is 2.61 bits per heavy atom. The number of carbonyl (C=O) groups excluding carboxylic acids is 1. The fourth-order valence-electron chi connectivity index (χ4n) is 3.44. The van der Waals surface area contributed by atoms with Crippen LogP contribution in [0, 0.1) is 5.92 Å². The highest BCUT2D eigenvalue weighted by molar-refractivity contribution is 5.84. The molecule has 0 radical (unpaired) electrons. The molecule has 1 aliphatic carbocycles. The summed E-state index contributed by atoms with van der Waals surface area (Å²) in [7, 11) is 1.65. The van der Waals surface area contributed by atoms with Crippen LogP contribution in [0.5, 0.6) is 5.75 Å². The molecule has 1 amide bonds. The molecular formula is C19H23NO3. The number of hydrogen-bond donors (Lipinski definition) is 1. The number of ether oxygens (including phenoxy) is 1. The molecule has 1 saturated carbocycles. The third kappa shape index (κ3) is 3.76. The van der Waals surface area contributed by atoms with Crippen LogP contribution in [0.2, 0.25) is 0 Å². The molecule has 23 heavy (non-hydrogen) atoms. The number of carbonyl (C=O) groups is 1. The summed E-state index contributed by atoms with van der Waals surface area (Å²) in [5.41, 5.74) is 1.06. The monoisotopic (exact) mass is 313 g/mol. The van der Waals surface area contributed by atoms with Crippen LogP contribution < -0.4 is 10.1 Å². The minimum atomic E-state index is -0.0987. The average molecular weight is 313 g/mol. The van der Waals surface area contributed by atoms with E-state index in [1.54, 1.807) is 13.4 Å². The van der Waals surface area contributed by atoms with E-state index in [-0.39, 0.29) is 11.8 Å². The Hall–Kier alpha value is -2.23. The van der Waals surface area contributed by atoms with Gasteiger partial charge in [-0.3, -0.25) is 4.79 Å². The molecule has 1 aliphatic rings. The number of nitrogens with one attached hydrogen (secondary N) is 1. The first-order valence-electron chi connectivity index (χ1n) is 8.22. The Kier molecular flexibility index (Phi) is 5.01. The lowest BCUT2D eigenvalue weighted by Crippen LogP contribution is -2.32. The molecule has 122 valence electrons. The van der Waals surface area contributed by atoms with Crippen molar-refractivity contribution < 1.29 is 13.9 Å². The Labute approximate surface area is 136 Å². The summed E-state index contributed by atoms with van der Waals surface area (Å²) in [5, 5.41) is 3.03. The van der Waals surface area contributed by atoms with Crippen LogP contribution in [0.25, 0.3) is 0 Å². The van der Waals surface area contributed by atoms with Crippen molar-refractivity contribution >= 4 is 5.91 Å². The molecule has 1 fully saturated rings. The van der Waals surface area contributed by atoms with Crippen LogP contribution in [-0.4, -0.2) is 13.0 Å². The van der Waals surface area contributed by atoms with E-state index in [9.17, 15) is 4.79 Å². The number of methoxy groups -OCH3 is 1. The van der Waals surface area contributed by atoms with Gasteiger partial charge in [0.1, 0.15) is 11.5 Å². The first-order chi connectivity index (χ1) is 11.3. The SMILES string of the molecule is COc1ccc(C(C(=O)NCc2ccco2)C2CCCC2)cc1. The minimum Gasteiger partial charge on any atom is -0.497 e. The van der Waals surface area contributed by atoms with Crippen molar-refractivity contribution in [1.82, 2.24) is 5.32 Å².